The third-order valence-electron chi connectivity index (χ3n) is 3.87. The van der Waals surface area contributed by atoms with Gasteiger partial charge in [0.25, 0.3) is 11.6 Å². The molecule has 2 N–H and O–H groups in total. The van der Waals surface area contributed by atoms with Crippen molar-refractivity contribution in [1.29, 1.82) is 0 Å². The van der Waals surface area contributed by atoms with Gasteiger partial charge in [0.05, 0.1) is 4.92 Å². The van der Waals surface area contributed by atoms with Gasteiger partial charge < -0.3 is 14.8 Å². The van der Waals surface area contributed by atoms with Crippen molar-refractivity contribution in [2.45, 2.75) is 6.92 Å². The van der Waals surface area contributed by atoms with E-state index in [1.54, 1.807) is 19.1 Å². The average Bonchev–Trinajstić information content (AvgIpc) is 3.15. The number of aliphatic carboxylic acids is 1. The van der Waals surface area contributed by atoms with Crippen LogP contribution in [0.25, 0.3) is 17.4 Å². The Morgan fingerprint density at radius 2 is 2.07 bits per heavy atom. The molecule has 0 bridgehead atoms. The summed E-state index contributed by atoms with van der Waals surface area (Å²) in [5, 5.41) is 22.0. The number of non-ortho nitro benzene ring substituents is 1. The van der Waals surface area contributed by atoms with Crippen molar-refractivity contribution in [3.8, 4) is 11.3 Å². The first-order valence-electron chi connectivity index (χ1n) is 7.68. The molecule has 0 unspecified atom stereocenters. The number of carbonyl (C=O) groups excluding carboxylic acids is 2. The molecule has 0 aliphatic carbocycles. The maximum absolute atomic E-state index is 12.1. The second-order valence-corrected chi connectivity index (χ2v) is 5.73. The predicted octanol–water partition coefficient (Wildman–Crippen LogP) is 2.14. The Kier molecular flexibility index (Phi) is 4.46. The summed E-state index contributed by atoms with van der Waals surface area (Å²) >= 11 is 0. The fourth-order valence-corrected chi connectivity index (χ4v) is 2.56. The molecule has 0 atom stereocenters. The molecule has 1 aromatic carbocycles. The van der Waals surface area contributed by atoms with Gasteiger partial charge in [0.1, 0.15) is 23.8 Å². The van der Waals surface area contributed by atoms with Crippen LogP contribution in [-0.4, -0.2) is 39.4 Å². The van der Waals surface area contributed by atoms with Gasteiger partial charge in [-0.25, -0.2) is 9.69 Å². The number of amides is 3. The summed E-state index contributed by atoms with van der Waals surface area (Å²) in [6, 6.07) is 6.62. The zero-order valence-electron chi connectivity index (χ0n) is 14.0. The summed E-state index contributed by atoms with van der Waals surface area (Å²) in [6.07, 6.45) is 1.26. The smallest absolute Gasteiger partial charge is 0.329 e. The maximum atomic E-state index is 12.1. The number of urea groups is 1. The molecule has 0 radical (unpaired) electrons. The molecule has 27 heavy (non-hydrogen) atoms. The Bertz CT molecular complexity index is 1010. The number of imide groups is 1. The first-order chi connectivity index (χ1) is 12.8. The fourth-order valence-electron chi connectivity index (χ4n) is 2.56. The standard InChI is InChI=1S/C17H13N3O7/c1-9-2-3-10(20(25)26)6-12(9)14-5-4-11(27-14)7-13-16(23)19(8-15(21)22)17(24)18-13/h2-7H,8H2,1H3,(H,18,24)(H,21,22)/b13-7+. The zero-order chi connectivity index (χ0) is 19.7. The number of nitrogens with zero attached hydrogens (tertiary/aromatic N) is 2. The van der Waals surface area contributed by atoms with Gasteiger partial charge in [-0.1, -0.05) is 6.07 Å². The highest BCUT2D eigenvalue weighted by Crippen LogP contribution is 2.30. The lowest BCUT2D eigenvalue weighted by atomic mass is 10.1. The van der Waals surface area contributed by atoms with Crippen LogP contribution in [0.3, 0.4) is 0 Å². The number of nitro benzene ring substituents is 1. The van der Waals surface area contributed by atoms with Gasteiger partial charge >= 0.3 is 12.0 Å². The second-order valence-electron chi connectivity index (χ2n) is 5.73. The van der Waals surface area contributed by atoms with E-state index in [1.807, 2.05) is 0 Å². The Morgan fingerprint density at radius 1 is 1.33 bits per heavy atom. The lowest BCUT2D eigenvalue weighted by Crippen LogP contribution is -2.35. The van der Waals surface area contributed by atoms with Crippen LogP contribution in [0.15, 0.2) is 40.4 Å². The average molecular weight is 371 g/mol. The Morgan fingerprint density at radius 3 is 2.74 bits per heavy atom. The second kappa shape index (κ2) is 6.75. The molecule has 3 rings (SSSR count). The third-order valence-corrected chi connectivity index (χ3v) is 3.87. The minimum absolute atomic E-state index is 0.0885. The molecule has 10 nitrogen and oxygen atoms in total. The molecule has 138 valence electrons. The molecule has 0 spiro atoms. The number of carboxylic acids is 1. The number of furan rings is 1. The Labute approximate surface area is 151 Å². The van der Waals surface area contributed by atoms with Crippen LogP contribution in [0.2, 0.25) is 0 Å². The quantitative estimate of drug-likeness (QED) is 0.355. The number of carboxylic acid groups (broad SMARTS) is 1. The van der Waals surface area contributed by atoms with Crippen LogP contribution in [0.4, 0.5) is 10.5 Å². The molecule has 0 saturated carbocycles. The summed E-state index contributed by atoms with van der Waals surface area (Å²) in [5.74, 6) is -1.54. The molecule has 1 saturated heterocycles. The van der Waals surface area contributed by atoms with E-state index in [1.165, 1.54) is 24.3 Å². The highest BCUT2D eigenvalue weighted by molar-refractivity contribution is 6.14. The van der Waals surface area contributed by atoms with Gasteiger partial charge in [-0.05, 0) is 24.6 Å². The van der Waals surface area contributed by atoms with E-state index in [0.29, 0.717) is 16.2 Å². The maximum Gasteiger partial charge on any atom is 0.329 e. The first kappa shape index (κ1) is 17.9. The number of hydrogen-bond acceptors (Lipinski definition) is 6. The van der Waals surface area contributed by atoms with E-state index in [9.17, 15) is 24.5 Å². The molecule has 2 heterocycles. The molecular formula is C17H13N3O7. The van der Waals surface area contributed by atoms with Crippen LogP contribution in [0.1, 0.15) is 11.3 Å². The number of benzene rings is 1. The molecule has 1 aliphatic heterocycles. The molecule has 1 aliphatic rings. The number of hydrogen-bond donors (Lipinski definition) is 2. The first-order valence-corrected chi connectivity index (χ1v) is 7.68. The zero-order valence-corrected chi connectivity index (χ0v) is 14.0. The van der Waals surface area contributed by atoms with Gasteiger partial charge in [-0.3, -0.25) is 19.7 Å². The summed E-state index contributed by atoms with van der Waals surface area (Å²) in [6.45, 7) is 1.02. The third kappa shape index (κ3) is 3.54. The predicted molar refractivity (Wildman–Crippen MR) is 91.4 cm³/mol. The van der Waals surface area contributed by atoms with E-state index < -0.39 is 29.4 Å². The topological polar surface area (TPSA) is 143 Å². The number of nitrogens with one attached hydrogen (secondary N) is 1. The van der Waals surface area contributed by atoms with Crippen LogP contribution in [0, 0.1) is 17.0 Å². The highest BCUT2D eigenvalue weighted by atomic mass is 16.6. The number of rotatable bonds is 5. The molecule has 2 aromatic rings. The lowest BCUT2D eigenvalue weighted by molar-refractivity contribution is -0.384. The van der Waals surface area contributed by atoms with Gasteiger partial charge in [-0.2, -0.15) is 0 Å². The summed E-state index contributed by atoms with van der Waals surface area (Å²) in [4.78, 5) is 45.5. The van der Waals surface area contributed by atoms with Crippen LogP contribution >= 0.6 is 0 Å². The minimum atomic E-state index is -1.32. The van der Waals surface area contributed by atoms with Crippen molar-refractivity contribution < 1.29 is 28.8 Å². The summed E-state index contributed by atoms with van der Waals surface area (Å²) < 4.78 is 5.61. The monoisotopic (exact) mass is 371 g/mol. The van der Waals surface area contributed by atoms with Gasteiger partial charge in [0, 0.05) is 23.8 Å². The van der Waals surface area contributed by atoms with Crippen molar-refractivity contribution in [3.63, 3.8) is 0 Å². The summed E-state index contributed by atoms with van der Waals surface area (Å²) in [7, 11) is 0. The highest BCUT2D eigenvalue weighted by Gasteiger charge is 2.35. The van der Waals surface area contributed by atoms with E-state index in [2.05, 4.69) is 5.32 Å². The van der Waals surface area contributed by atoms with Crippen molar-refractivity contribution in [1.82, 2.24) is 10.2 Å². The molecule has 1 aromatic heterocycles. The van der Waals surface area contributed by atoms with E-state index >= 15 is 0 Å². The number of aryl methyl sites for hydroxylation is 1. The fraction of sp³-hybridized carbons (Fsp3) is 0.118. The van der Waals surface area contributed by atoms with Crippen LogP contribution in [-0.2, 0) is 9.59 Å². The molecular weight excluding hydrogens is 358 g/mol. The van der Waals surface area contributed by atoms with E-state index in [-0.39, 0.29) is 17.1 Å². The van der Waals surface area contributed by atoms with Gasteiger partial charge in [-0.15, -0.1) is 0 Å². The molecule has 1 fully saturated rings. The SMILES string of the molecule is Cc1ccc([N+](=O)[O-])cc1-c1ccc(/C=C2/NC(=O)N(CC(=O)O)C2=O)o1. The number of carbonyl (C=O) groups is 3. The van der Waals surface area contributed by atoms with Crippen molar-refractivity contribution in [2.75, 3.05) is 6.54 Å². The molecule has 10 heteroatoms. The number of nitro groups is 1. The van der Waals surface area contributed by atoms with Crippen molar-refractivity contribution in [2.24, 2.45) is 0 Å². The van der Waals surface area contributed by atoms with E-state index in [4.69, 9.17) is 9.52 Å². The molecule has 3 amide bonds. The van der Waals surface area contributed by atoms with Crippen molar-refractivity contribution >= 4 is 29.7 Å². The Balaban J connectivity index is 1.89. The van der Waals surface area contributed by atoms with Crippen molar-refractivity contribution in [3.05, 3.63) is 57.5 Å². The largest absolute Gasteiger partial charge is 0.480 e. The summed E-state index contributed by atoms with van der Waals surface area (Å²) in [5.41, 5.74) is 1.06. The van der Waals surface area contributed by atoms with Crippen LogP contribution < -0.4 is 5.32 Å². The Hall–Kier alpha value is -3.95. The van der Waals surface area contributed by atoms with Gasteiger partial charge in [0.2, 0.25) is 0 Å². The van der Waals surface area contributed by atoms with Gasteiger partial charge in [0.15, 0.2) is 0 Å². The lowest BCUT2D eigenvalue weighted by Gasteiger charge is -2.06. The van der Waals surface area contributed by atoms with E-state index in [0.717, 1.165) is 5.56 Å². The van der Waals surface area contributed by atoms with Crippen LogP contribution in [0.5, 0.6) is 0 Å². The normalized spacial score (nSPS) is 15.3. The minimum Gasteiger partial charge on any atom is -0.480 e.